The van der Waals surface area contributed by atoms with Crippen molar-refractivity contribution in [1.29, 1.82) is 0 Å². The van der Waals surface area contributed by atoms with Crippen molar-refractivity contribution >= 4 is 62.2 Å². The van der Waals surface area contributed by atoms with E-state index in [1.54, 1.807) is 0 Å². The maximum atomic E-state index is 11.9. The van der Waals surface area contributed by atoms with E-state index < -0.39 is 0 Å². The van der Waals surface area contributed by atoms with Crippen LogP contribution in [0.2, 0.25) is 0 Å². The van der Waals surface area contributed by atoms with E-state index in [9.17, 15) is 4.79 Å². The molecule has 9 heteroatoms. The fourth-order valence-corrected chi connectivity index (χ4v) is 2.89. The van der Waals surface area contributed by atoms with Crippen LogP contribution in [0, 0.1) is 0 Å². The zero-order chi connectivity index (χ0) is 19.6. The number of hydrogen-bond acceptors (Lipinski definition) is 4. The number of para-hydroxylation sites is 1. The van der Waals surface area contributed by atoms with Gasteiger partial charge in [-0.2, -0.15) is 0 Å². The summed E-state index contributed by atoms with van der Waals surface area (Å²) in [5.41, 5.74) is 7.35. The zero-order valence-corrected chi connectivity index (χ0v) is 17.8. The third-order valence-electron chi connectivity index (χ3n) is 3.34. The number of aryl methyl sites for hydroxylation is 1. The van der Waals surface area contributed by atoms with Gasteiger partial charge in [0.15, 0.2) is 16.8 Å². The normalized spacial score (nSPS) is 9.85. The van der Waals surface area contributed by atoms with Crippen molar-refractivity contribution in [3.63, 3.8) is 0 Å². The number of amides is 1. The van der Waals surface area contributed by atoms with Gasteiger partial charge in [-0.05, 0) is 76.6 Å². The van der Waals surface area contributed by atoms with Crippen molar-refractivity contribution in [2.75, 3.05) is 11.9 Å². The lowest BCUT2D eigenvalue weighted by Gasteiger charge is -2.14. The van der Waals surface area contributed by atoms with Crippen LogP contribution < -0.4 is 26.2 Å². The SMILES string of the molecule is CCc1ccc(OCC(=O)NC(=S)NNC(=S)Nc2ccccc2)c(Br)c1. The summed E-state index contributed by atoms with van der Waals surface area (Å²) >= 11 is 13.6. The van der Waals surface area contributed by atoms with Gasteiger partial charge in [0, 0.05) is 5.69 Å². The molecule has 0 atom stereocenters. The first-order valence-electron chi connectivity index (χ1n) is 8.11. The molecular weight excluding hydrogens is 448 g/mol. The molecule has 0 saturated heterocycles. The molecule has 1 amide bonds. The van der Waals surface area contributed by atoms with Gasteiger partial charge in [0.1, 0.15) is 5.75 Å². The molecule has 0 spiro atoms. The Bertz CT molecular complexity index is 818. The second kappa shape index (κ2) is 10.8. The lowest BCUT2D eigenvalue weighted by atomic mass is 10.2. The van der Waals surface area contributed by atoms with Gasteiger partial charge in [0.05, 0.1) is 4.47 Å². The molecule has 0 radical (unpaired) electrons. The highest BCUT2D eigenvalue weighted by molar-refractivity contribution is 9.10. The number of rotatable bonds is 5. The average Bonchev–Trinajstić information content (AvgIpc) is 2.66. The van der Waals surface area contributed by atoms with E-state index in [0.29, 0.717) is 10.9 Å². The number of hydrazine groups is 1. The number of hydrogen-bond donors (Lipinski definition) is 4. The van der Waals surface area contributed by atoms with E-state index in [1.165, 1.54) is 5.56 Å². The molecule has 27 heavy (non-hydrogen) atoms. The molecule has 0 aliphatic carbocycles. The predicted octanol–water partition coefficient (Wildman–Crippen LogP) is 3.28. The summed E-state index contributed by atoms with van der Waals surface area (Å²) in [6, 6.07) is 15.2. The van der Waals surface area contributed by atoms with E-state index in [2.05, 4.69) is 44.3 Å². The zero-order valence-electron chi connectivity index (χ0n) is 14.5. The maximum Gasteiger partial charge on any atom is 0.264 e. The minimum Gasteiger partial charge on any atom is -0.483 e. The molecule has 2 rings (SSSR count). The van der Waals surface area contributed by atoms with Crippen LogP contribution in [0.4, 0.5) is 5.69 Å². The van der Waals surface area contributed by atoms with Crippen LogP contribution in [0.3, 0.4) is 0 Å². The van der Waals surface area contributed by atoms with Crippen molar-refractivity contribution in [2.45, 2.75) is 13.3 Å². The van der Waals surface area contributed by atoms with E-state index >= 15 is 0 Å². The predicted molar refractivity (Wildman–Crippen MR) is 119 cm³/mol. The molecule has 0 fully saturated rings. The van der Waals surface area contributed by atoms with Gasteiger partial charge in [-0.15, -0.1) is 0 Å². The van der Waals surface area contributed by atoms with Gasteiger partial charge in [-0.1, -0.05) is 31.2 Å². The Kier molecular flexibility index (Phi) is 8.43. The third-order valence-corrected chi connectivity index (χ3v) is 4.37. The summed E-state index contributed by atoms with van der Waals surface area (Å²) < 4.78 is 6.30. The molecule has 0 aliphatic rings. The molecule has 0 saturated carbocycles. The lowest BCUT2D eigenvalue weighted by Crippen LogP contribution is -2.50. The van der Waals surface area contributed by atoms with Crippen molar-refractivity contribution in [3.8, 4) is 5.75 Å². The highest BCUT2D eigenvalue weighted by atomic mass is 79.9. The first kappa shape index (κ1) is 21.1. The second-order valence-corrected chi connectivity index (χ2v) is 7.03. The Labute approximate surface area is 177 Å². The number of anilines is 1. The van der Waals surface area contributed by atoms with Gasteiger partial charge in [0.2, 0.25) is 0 Å². The maximum absolute atomic E-state index is 11.9. The first-order chi connectivity index (χ1) is 13.0. The minimum absolute atomic E-state index is 0.0845. The Morgan fingerprint density at radius 3 is 2.44 bits per heavy atom. The lowest BCUT2D eigenvalue weighted by molar-refractivity contribution is -0.121. The summed E-state index contributed by atoms with van der Waals surface area (Å²) in [7, 11) is 0. The van der Waals surface area contributed by atoms with Gasteiger partial charge in [0.25, 0.3) is 5.91 Å². The van der Waals surface area contributed by atoms with E-state index in [1.807, 2.05) is 48.5 Å². The molecule has 2 aromatic rings. The monoisotopic (exact) mass is 466 g/mol. The second-order valence-electron chi connectivity index (χ2n) is 5.35. The molecule has 0 heterocycles. The number of carbonyl (C=O) groups excluding carboxylic acids is 1. The van der Waals surface area contributed by atoms with Crippen LogP contribution in [0.25, 0.3) is 0 Å². The number of halogens is 1. The van der Waals surface area contributed by atoms with Gasteiger partial charge < -0.3 is 10.1 Å². The van der Waals surface area contributed by atoms with E-state index in [4.69, 9.17) is 29.2 Å². The smallest absolute Gasteiger partial charge is 0.264 e. The quantitative estimate of drug-likeness (QED) is 0.397. The van der Waals surface area contributed by atoms with Crippen molar-refractivity contribution in [3.05, 3.63) is 58.6 Å². The summed E-state index contributed by atoms with van der Waals surface area (Å²) in [5, 5.41) is 5.87. The van der Waals surface area contributed by atoms with Crippen molar-refractivity contribution in [2.24, 2.45) is 0 Å². The summed E-state index contributed by atoms with van der Waals surface area (Å²) in [6.45, 7) is 1.90. The molecule has 2 aromatic carbocycles. The van der Waals surface area contributed by atoms with Crippen molar-refractivity contribution in [1.82, 2.24) is 16.2 Å². The number of ether oxygens (including phenoxy) is 1. The van der Waals surface area contributed by atoms with Gasteiger partial charge >= 0.3 is 0 Å². The molecule has 0 aromatic heterocycles. The highest BCUT2D eigenvalue weighted by Gasteiger charge is 2.08. The molecule has 142 valence electrons. The van der Waals surface area contributed by atoms with Crippen LogP contribution in [0.1, 0.15) is 12.5 Å². The van der Waals surface area contributed by atoms with E-state index in [0.717, 1.165) is 16.6 Å². The third kappa shape index (κ3) is 7.49. The summed E-state index contributed by atoms with van der Waals surface area (Å²) in [4.78, 5) is 11.9. The van der Waals surface area contributed by atoms with Crippen molar-refractivity contribution < 1.29 is 9.53 Å². The number of carbonyl (C=O) groups is 1. The fraction of sp³-hybridized carbons (Fsp3) is 0.167. The highest BCUT2D eigenvalue weighted by Crippen LogP contribution is 2.26. The van der Waals surface area contributed by atoms with Crippen LogP contribution in [0.15, 0.2) is 53.0 Å². The topological polar surface area (TPSA) is 74.4 Å². The van der Waals surface area contributed by atoms with E-state index in [-0.39, 0.29) is 17.6 Å². The molecule has 0 unspecified atom stereocenters. The Morgan fingerprint density at radius 1 is 1.07 bits per heavy atom. The minimum atomic E-state index is -0.386. The standard InChI is InChI=1S/C18H19BrN4O2S2/c1-2-12-8-9-15(14(19)10-12)25-11-16(24)21-18(27)23-22-17(26)20-13-6-4-3-5-7-13/h3-10H,2,11H2,1H3,(H2,20,22,26)(H2,21,23,24,27). The van der Waals surface area contributed by atoms with Gasteiger partial charge in [-0.25, -0.2) is 0 Å². The van der Waals surface area contributed by atoms with Gasteiger partial charge in [-0.3, -0.25) is 21.0 Å². The Balaban J connectivity index is 1.70. The largest absolute Gasteiger partial charge is 0.483 e. The molecule has 4 N–H and O–H groups in total. The molecule has 0 bridgehead atoms. The average molecular weight is 467 g/mol. The Morgan fingerprint density at radius 2 is 1.78 bits per heavy atom. The van der Waals surface area contributed by atoms with Crippen LogP contribution in [-0.2, 0) is 11.2 Å². The first-order valence-corrected chi connectivity index (χ1v) is 9.72. The van der Waals surface area contributed by atoms with Crippen LogP contribution in [-0.4, -0.2) is 22.7 Å². The number of nitrogens with one attached hydrogen (secondary N) is 4. The molecule has 0 aliphatic heterocycles. The fourth-order valence-electron chi connectivity index (χ4n) is 2.02. The summed E-state index contributed by atoms with van der Waals surface area (Å²) in [5.74, 6) is 0.204. The van der Waals surface area contributed by atoms with Crippen LogP contribution >= 0.6 is 40.4 Å². The number of thiocarbonyl (C=S) groups is 2. The summed E-state index contributed by atoms with van der Waals surface area (Å²) in [6.07, 6.45) is 0.924. The molecular formula is C18H19BrN4O2S2. The van der Waals surface area contributed by atoms with Crippen LogP contribution in [0.5, 0.6) is 5.75 Å². The Hall–Kier alpha value is -2.23. The molecule has 6 nitrogen and oxygen atoms in total. The number of benzene rings is 2.